The molecule has 2 nitrogen and oxygen atoms in total. The Morgan fingerprint density at radius 2 is 1.57 bits per heavy atom. The fourth-order valence-electron chi connectivity index (χ4n) is 2.90. The standard InChI is InChI=1S/C27H25FO2/c1-27(2,3)26(29)30-25(18-15-20-9-5-4-6-10-20)24-12-8-7-11-22(24)19-21-13-16-23(28)17-14-21/h4-14,16-17,25H,19H2,1-3H3. The van der Waals surface area contributed by atoms with Crippen LogP contribution in [0.4, 0.5) is 4.39 Å². The van der Waals surface area contributed by atoms with E-state index in [0.29, 0.717) is 6.42 Å². The fourth-order valence-corrected chi connectivity index (χ4v) is 2.90. The minimum absolute atomic E-state index is 0.266. The van der Waals surface area contributed by atoms with Crippen LogP contribution in [0.1, 0.15) is 49.1 Å². The van der Waals surface area contributed by atoms with Gasteiger partial charge in [-0.15, -0.1) is 0 Å². The molecule has 30 heavy (non-hydrogen) atoms. The van der Waals surface area contributed by atoms with Gasteiger partial charge in [-0.25, -0.2) is 4.39 Å². The fraction of sp³-hybridized carbons (Fsp3) is 0.222. The molecular weight excluding hydrogens is 375 g/mol. The smallest absolute Gasteiger partial charge is 0.312 e. The number of carbonyl (C=O) groups is 1. The lowest BCUT2D eigenvalue weighted by molar-refractivity contribution is -0.156. The number of carbonyl (C=O) groups excluding carboxylic acids is 1. The maximum atomic E-state index is 13.3. The van der Waals surface area contributed by atoms with Gasteiger partial charge in [0.25, 0.3) is 0 Å². The first-order valence-electron chi connectivity index (χ1n) is 9.93. The molecule has 0 aliphatic carbocycles. The van der Waals surface area contributed by atoms with Gasteiger partial charge in [0.05, 0.1) is 5.41 Å². The number of ether oxygens (including phenoxy) is 1. The van der Waals surface area contributed by atoms with Gasteiger partial charge in [-0.05, 0) is 68.5 Å². The van der Waals surface area contributed by atoms with Crippen molar-refractivity contribution in [1.82, 2.24) is 0 Å². The largest absolute Gasteiger partial charge is 0.444 e. The van der Waals surface area contributed by atoms with Crippen LogP contribution in [0.25, 0.3) is 0 Å². The van der Waals surface area contributed by atoms with Crippen molar-refractivity contribution in [2.24, 2.45) is 5.41 Å². The van der Waals surface area contributed by atoms with E-state index in [1.807, 2.05) is 75.4 Å². The van der Waals surface area contributed by atoms with Crippen molar-refractivity contribution in [3.63, 3.8) is 0 Å². The summed E-state index contributed by atoms with van der Waals surface area (Å²) >= 11 is 0. The van der Waals surface area contributed by atoms with E-state index in [9.17, 15) is 9.18 Å². The number of benzene rings is 3. The SMILES string of the molecule is CC(C)(C)C(=O)OC(C#Cc1ccccc1)c1ccccc1Cc1ccc(F)cc1. The Bertz CT molecular complexity index is 1050. The highest BCUT2D eigenvalue weighted by atomic mass is 19.1. The average molecular weight is 400 g/mol. The van der Waals surface area contributed by atoms with Crippen molar-refractivity contribution >= 4 is 5.97 Å². The molecule has 0 radical (unpaired) electrons. The first-order valence-corrected chi connectivity index (χ1v) is 9.93. The number of hydrogen-bond acceptors (Lipinski definition) is 2. The lowest BCUT2D eigenvalue weighted by Gasteiger charge is -2.22. The topological polar surface area (TPSA) is 26.3 Å². The zero-order valence-electron chi connectivity index (χ0n) is 17.5. The monoisotopic (exact) mass is 400 g/mol. The lowest BCUT2D eigenvalue weighted by atomic mass is 9.95. The molecule has 0 saturated heterocycles. The molecule has 0 fully saturated rings. The predicted molar refractivity (Wildman–Crippen MR) is 117 cm³/mol. The molecule has 0 bridgehead atoms. The van der Waals surface area contributed by atoms with Crippen LogP contribution in [0, 0.1) is 23.1 Å². The summed E-state index contributed by atoms with van der Waals surface area (Å²) in [6.45, 7) is 5.46. The molecule has 1 atom stereocenters. The zero-order chi connectivity index (χ0) is 21.6. The quantitative estimate of drug-likeness (QED) is 0.391. The van der Waals surface area contributed by atoms with E-state index in [2.05, 4.69) is 11.8 Å². The van der Waals surface area contributed by atoms with E-state index in [-0.39, 0.29) is 11.8 Å². The van der Waals surface area contributed by atoms with Crippen molar-refractivity contribution < 1.29 is 13.9 Å². The van der Waals surface area contributed by atoms with E-state index in [4.69, 9.17) is 4.74 Å². The van der Waals surface area contributed by atoms with Gasteiger partial charge in [-0.3, -0.25) is 4.79 Å². The summed E-state index contributed by atoms with van der Waals surface area (Å²) in [5.41, 5.74) is 3.01. The number of halogens is 1. The lowest BCUT2D eigenvalue weighted by Crippen LogP contribution is -2.25. The molecular formula is C27H25FO2. The molecule has 0 aromatic heterocycles. The third-order valence-corrected chi connectivity index (χ3v) is 4.60. The van der Waals surface area contributed by atoms with Crippen LogP contribution >= 0.6 is 0 Å². The highest BCUT2D eigenvalue weighted by molar-refractivity contribution is 5.76. The van der Waals surface area contributed by atoms with Crippen LogP contribution in [0.5, 0.6) is 0 Å². The minimum Gasteiger partial charge on any atom is -0.444 e. The molecule has 0 N–H and O–H groups in total. The molecule has 3 heteroatoms. The predicted octanol–water partition coefficient (Wildman–Crippen LogP) is 6.10. The molecule has 3 aromatic rings. The van der Waals surface area contributed by atoms with Crippen molar-refractivity contribution in [3.05, 3.63) is 107 Å². The molecule has 0 heterocycles. The molecule has 0 amide bonds. The van der Waals surface area contributed by atoms with Gasteiger partial charge in [-0.1, -0.05) is 60.5 Å². The molecule has 0 spiro atoms. The number of esters is 1. The first kappa shape index (κ1) is 21.3. The summed E-state index contributed by atoms with van der Waals surface area (Å²) in [7, 11) is 0. The van der Waals surface area contributed by atoms with Crippen LogP contribution in [-0.2, 0) is 16.0 Å². The molecule has 0 aliphatic heterocycles. The van der Waals surface area contributed by atoms with Crippen molar-refractivity contribution in [2.75, 3.05) is 0 Å². The third-order valence-electron chi connectivity index (χ3n) is 4.60. The molecule has 0 aliphatic rings. The van der Waals surface area contributed by atoms with Gasteiger partial charge in [0.15, 0.2) is 6.10 Å². The third kappa shape index (κ3) is 5.81. The van der Waals surface area contributed by atoms with Gasteiger partial charge in [0, 0.05) is 11.1 Å². The number of rotatable bonds is 4. The van der Waals surface area contributed by atoms with Crippen LogP contribution in [0.2, 0.25) is 0 Å². The summed E-state index contributed by atoms with van der Waals surface area (Å²) in [6.07, 6.45) is -0.110. The highest BCUT2D eigenvalue weighted by Gasteiger charge is 2.27. The van der Waals surface area contributed by atoms with Gasteiger partial charge in [0.1, 0.15) is 5.82 Å². The van der Waals surface area contributed by atoms with Gasteiger partial charge < -0.3 is 4.74 Å². The highest BCUT2D eigenvalue weighted by Crippen LogP contribution is 2.27. The Morgan fingerprint density at radius 3 is 2.23 bits per heavy atom. The van der Waals surface area contributed by atoms with Gasteiger partial charge in [0.2, 0.25) is 0 Å². The van der Waals surface area contributed by atoms with E-state index >= 15 is 0 Å². The van der Waals surface area contributed by atoms with Crippen LogP contribution < -0.4 is 0 Å². The second-order valence-electron chi connectivity index (χ2n) is 8.17. The van der Waals surface area contributed by atoms with E-state index in [1.54, 1.807) is 12.1 Å². The summed E-state index contributed by atoms with van der Waals surface area (Å²) in [5, 5.41) is 0. The van der Waals surface area contributed by atoms with E-state index < -0.39 is 11.5 Å². The van der Waals surface area contributed by atoms with Crippen LogP contribution in [-0.4, -0.2) is 5.97 Å². The maximum absolute atomic E-state index is 13.3. The van der Waals surface area contributed by atoms with Crippen molar-refractivity contribution in [3.8, 4) is 11.8 Å². The average Bonchev–Trinajstić information content (AvgIpc) is 2.73. The molecule has 0 saturated carbocycles. The van der Waals surface area contributed by atoms with Crippen molar-refractivity contribution in [2.45, 2.75) is 33.3 Å². The van der Waals surface area contributed by atoms with Gasteiger partial charge >= 0.3 is 5.97 Å². The van der Waals surface area contributed by atoms with Crippen LogP contribution in [0.15, 0.2) is 78.9 Å². The number of hydrogen-bond donors (Lipinski definition) is 0. The summed E-state index contributed by atoms with van der Waals surface area (Å²) in [6, 6.07) is 23.8. The Labute approximate surface area is 177 Å². The Balaban J connectivity index is 1.97. The minimum atomic E-state index is -0.700. The summed E-state index contributed by atoms with van der Waals surface area (Å²) < 4.78 is 19.1. The van der Waals surface area contributed by atoms with Crippen molar-refractivity contribution in [1.29, 1.82) is 0 Å². The summed E-state index contributed by atoms with van der Waals surface area (Å²) in [5.74, 6) is 5.68. The summed E-state index contributed by atoms with van der Waals surface area (Å²) in [4.78, 5) is 12.6. The Morgan fingerprint density at radius 1 is 0.933 bits per heavy atom. The van der Waals surface area contributed by atoms with E-state index in [1.165, 1.54) is 12.1 Å². The maximum Gasteiger partial charge on any atom is 0.312 e. The second-order valence-corrected chi connectivity index (χ2v) is 8.17. The molecule has 152 valence electrons. The van der Waals surface area contributed by atoms with Crippen LogP contribution in [0.3, 0.4) is 0 Å². The van der Waals surface area contributed by atoms with E-state index in [0.717, 1.165) is 22.3 Å². The van der Waals surface area contributed by atoms with Gasteiger partial charge in [-0.2, -0.15) is 0 Å². The molecule has 1 unspecified atom stereocenters. The zero-order valence-corrected chi connectivity index (χ0v) is 17.5. The normalized spacial score (nSPS) is 11.9. The molecule has 3 rings (SSSR count). The second kappa shape index (κ2) is 9.41. The first-order chi connectivity index (χ1) is 14.3. The Hall–Kier alpha value is -3.38. The molecule has 3 aromatic carbocycles. The Kier molecular flexibility index (Phi) is 6.69.